The second-order valence-electron chi connectivity index (χ2n) is 6.27. The zero-order valence-electron chi connectivity index (χ0n) is 14.1. The van der Waals surface area contributed by atoms with Gasteiger partial charge < -0.3 is 10.6 Å². The Hall–Kier alpha value is -2.48. The lowest BCUT2D eigenvalue weighted by Crippen LogP contribution is -2.22. The first-order valence-corrected chi connectivity index (χ1v) is 9.84. The normalized spacial score (nSPS) is 18.7. The van der Waals surface area contributed by atoms with Crippen molar-refractivity contribution in [3.05, 3.63) is 47.2 Å². The molecule has 0 spiro atoms. The van der Waals surface area contributed by atoms with Gasteiger partial charge in [-0.15, -0.1) is 10.2 Å². The summed E-state index contributed by atoms with van der Waals surface area (Å²) in [6, 6.07) is 8.84. The summed E-state index contributed by atoms with van der Waals surface area (Å²) in [5, 5.41) is 13.8. The molecule has 7 nitrogen and oxygen atoms in total. The topological polar surface area (TPSA) is 101 Å². The van der Waals surface area contributed by atoms with Gasteiger partial charge in [0.05, 0.1) is 11.5 Å². The van der Waals surface area contributed by atoms with Crippen LogP contribution in [0, 0.1) is 13.8 Å². The van der Waals surface area contributed by atoms with Gasteiger partial charge in [0.25, 0.3) is 5.91 Å². The van der Waals surface area contributed by atoms with E-state index in [2.05, 4.69) is 20.8 Å². The van der Waals surface area contributed by atoms with Crippen molar-refractivity contribution in [3.8, 4) is 0 Å². The number of nitrogens with zero attached hydrogens (tertiary/aromatic N) is 2. The van der Waals surface area contributed by atoms with Gasteiger partial charge in [-0.3, -0.25) is 4.79 Å². The molecule has 1 atom stereocenters. The van der Waals surface area contributed by atoms with Crippen molar-refractivity contribution in [2.24, 2.45) is 0 Å². The Morgan fingerprint density at radius 3 is 2.40 bits per heavy atom. The fourth-order valence-corrected chi connectivity index (χ4v) is 4.51. The van der Waals surface area contributed by atoms with Crippen molar-refractivity contribution < 1.29 is 13.2 Å². The Kier molecular flexibility index (Phi) is 4.71. The number of amides is 1. The number of para-hydroxylation sites is 1. The summed E-state index contributed by atoms with van der Waals surface area (Å²) in [5.74, 6) is 0.420. The van der Waals surface area contributed by atoms with E-state index in [1.165, 1.54) is 0 Å². The number of benzene rings is 1. The number of sulfone groups is 1. The molecule has 132 valence electrons. The smallest absolute Gasteiger partial charge is 0.276 e. The van der Waals surface area contributed by atoms with Gasteiger partial charge in [-0.2, -0.15) is 0 Å². The number of rotatable bonds is 4. The minimum Gasteiger partial charge on any atom is -0.365 e. The molecule has 1 aliphatic heterocycles. The van der Waals surface area contributed by atoms with Crippen LogP contribution in [0.25, 0.3) is 0 Å². The highest BCUT2D eigenvalue weighted by molar-refractivity contribution is 7.91. The molecule has 1 aromatic heterocycles. The minimum absolute atomic E-state index is 0.101. The number of carbonyl (C=O) groups excluding carboxylic acids is 1. The highest BCUT2D eigenvalue weighted by Gasteiger charge is 2.28. The van der Waals surface area contributed by atoms with Crippen molar-refractivity contribution in [2.75, 3.05) is 22.1 Å². The van der Waals surface area contributed by atoms with Gasteiger partial charge in [-0.1, -0.05) is 18.2 Å². The summed E-state index contributed by atoms with van der Waals surface area (Å²) in [5.41, 5.74) is 2.92. The average Bonchev–Trinajstić information content (AvgIpc) is 2.90. The van der Waals surface area contributed by atoms with Crippen LogP contribution in [0.1, 0.15) is 28.0 Å². The molecule has 2 N–H and O–H groups in total. The zero-order valence-corrected chi connectivity index (χ0v) is 14.9. The van der Waals surface area contributed by atoms with E-state index >= 15 is 0 Å². The van der Waals surface area contributed by atoms with Crippen LogP contribution in [-0.4, -0.2) is 42.1 Å². The molecule has 25 heavy (non-hydrogen) atoms. The van der Waals surface area contributed by atoms with Gasteiger partial charge in [-0.05, 0) is 43.5 Å². The number of nitrogens with one attached hydrogen (secondary N) is 2. The Labute approximate surface area is 146 Å². The third-order valence-corrected chi connectivity index (χ3v) is 5.97. The largest absolute Gasteiger partial charge is 0.365 e. The fraction of sp³-hybridized carbons (Fsp3) is 0.353. The van der Waals surface area contributed by atoms with Gasteiger partial charge in [0, 0.05) is 11.7 Å². The van der Waals surface area contributed by atoms with E-state index in [9.17, 15) is 13.2 Å². The Morgan fingerprint density at radius 2 is 1.84 bits per heavy atom. The quantitative estimate of drug-likeness (QED) is 0.864. The van der Waals surface area contributed by atoms with Crippen molar-refractivity contribution in [1.29, 1.82) is 0 Å². The lowest BCUT2D eigenvalue weighted by molar-refractivity contribution is 0.102. The van der Waals surface area contributed by atoms with Gasteiger partial charge in [-0.25, -0.2) is 8.42 Å². The van der Waals surface area contributed by atoms with E-state index in [0.717, 1.165) is 16.8 Å². The summed E-state index contributed by atoms with van der Waals surface area (Å²) in [6.07, 6.45) is 0.554. The molecular weight excluding hydrogens is 340 g/mol. The maximum atomic E-state index is 12.3. The Balaban J connectivity index is 1.67. The molecule has 0 saturated carbocycles. The summed E-state index contributed by atoms with van der Waals surface area (Å²) in [7, 11) is -2.95. The van der Waals surface area contributed by atoms with Crippen LogP contribution in [0.2, 0.25) is 0 Å². The van der Waals surface area contributed by atoms with E-state index in [1.807, 2.05) is 32.0 Å². The molecule has 1 aromatic carbocycles. The van der Waals surface area contributed by atoms with Gasteiger partial charge in [0.2, 0.25) is 0 Å². The Bertz CT molecular complexity index is 874. The number of anilines is 2. The number of aromatic nitrogens is 2. The van der Waals surface area contributed by atoms with Crippen LogP contribution in [0.5, 0.6) is 0 Å². The monoisotopic (exact) mass is 360 g/mol. The first-order valence-electron chi connectivity index (χ1n) is 8.02. The van der Waals surface area contributed by atoms with E-state index in [-0.39, 0.29) is 29.1 Å². The van der Waals surface area contributed by atoms with E-state index in [0.29, 0.717) is 12.2 Å². The Morgan fingerprint density at radius 1 is 1.12 bits per heavy atom. The molecule has 0 radical (unpaired) electrons. The lowest BCUT2D eigenvalue weighted by atomic mass is 10.1. The highest BCUT2D eigenvalue weighted by atomic mass is 32.2. The van der Waals surface area contributed by atoms with Crippen LogP contribution in [0.3, 0.4) is 0 Å². The number of aryl methyl sites for hydroxylation is 2. The molecule has 1 amide bonds. The molecule has 0 aliphatic carbocycles. The lowest BCUT2D eigenvalue weighted by Gasteiger charge is -2.12. The molecule has 3 rings (SSSR count). The summed E-state index contributed by atoms with van der Waals surface area (Å²) in [4.78, 5) is 12.3. The third kappa shape index (κ3) is 4.14. The highest BCUT2D eigenvalue weighted by Crippen LogP contribution is 2.20. The van der Waals surface area contributed by atoms with E-state index in [1.54, 1.807) is 12.1 Å². The molecule has 1 fully saturated rings. The van der Waals surface area contributed by atoms with Crippen LogP contribution < -0.4 is 10.6 Å². The maximum Gasteiger partial charge on any atom is 0.276 e. The molecule has 1 saturated heterocycles. The van der Waals surface area contributed by atoms with Crippen molar-refractivity contribution in [2.45, 2.75) is 26.3 Å². The van der Waals surface area contributed by atoms with Gasteiger partial charge in [0.15, 0.2) is 15.5 Å². The molecule has 2 heterocycles. The van der Waals surface area contributed by atoms with Crippen molar-refractivity contribution in [1.82, 2.24) is 10.2 Å². The molecule has 1 aliphatic rings. The predicted octanol–water partition coefficient (Wildman–Crippen LogP) is 1.94. The fourth-order valence-electron chi connectivity index (χ4n) is 2.84. The summed E-state index contributed by atoms with van der Waals surface area (Å²) in [6.45, 7) is 3.86. The van der Waals surface area contributed by atoms with Crippen LogP contribution >= 0.6 is 0 Å². The second-order valence-corrected chi connectivity index (χ2v) is 8.50. The van der Waals surface area contributed by atoms with Crippen LogP contribution in [0.15, 0.2) is 30.3 Å². The molecule has 8 heteroatoms. The minimum atomic E-state index is -2.95. The predicted molar refractivity (Wildman–Crippen MR) is 96.6 cm³/mol. The van der Waals surface area contributed by atoms with Gasteiger partial charge >= 0.3 is 0 Å². The van der Waals surface area contributed by atoms with Gasteiger partial charge in [0.1, 0.15) is 5.82 Å². The average molecular weight is 360 g/mol. The molecule has 1 unspecified atom stereocenters. The third-order valence-electron chi connectivity index (χ3n) is 4.20. The summed E-state index contributed by atoms with van der Waals surface area (Å²) >= 11 is 0. The van der Waals surface area contributed by atoms with Crippen molar-refractivity contribution in [3.63, 3.8) is 0 Å². The zero-order chi connectivity index (χ0) is 18.0. The molecular formula is C17H20N4O3S. The number of carbonyl (C=O) groups is 1. The first-order chi connectivity index (χ1) is 11.8. The number of hydrogen-bond acceptors (Lipinski definition) is 6. The van der Waals surface area contributed by atoms with Crippen LogP contribution in [-0.2, 0) is 9.84 Å². The second kappa shape index (κ2) is 6.79. The van der Waals surface area contributed by atoms with E-state index in [4.69, 9.17) is 0 Å². The van der Waals surface area contributed by atoms with E-state index < -0.39 is 9.84 Å². The number of hydrogen-bond donors (Lipinski definition) is 2. The van der Waals surface area contributed by atoms with Crippen molar-refractivity contribution >= 4 is 27.2 Å². The standard InChI is InChI=1S/C17H20N4O3S/c1-11-4-3-5-12(2)16(11)19-17(22)14-6-7-15(21-20-14)18-13-8-9-25(23,24)10-13/h3-7,13H,8-10H2,1-2H3,(H,18,21)(H,19,22). The maximum absolute atomic E-state index is 12.3. The molecule has 0 bridgehead atoms. The summed E-state index contributed by atoms with van der Waals surface area (Å²) < 4.78 is 22.9. The SMILES string of the molecule is Cc1cccc(C)c1NC(=O)c1ccc(NC2CCS(=O)(=O)C2)nn1. The van der Waals surface area contributed by atoms with Crippen LogP contribution in [0.4, 0.5) is 11.5 Å². The molecule has 2 aromatic rings. The first kappa shape index (κ1) is 17.3.